The van der Waals surface area contributed by atoms with Gasteiger partial charge in [0.1, 0.15) is 12.4 Å². The summed E-state index contributed by atoms with van der Waals surface area (Å²) in [6, 6.07) is 16.6. The van der Waals surface area contributed by atoms with Crippen LogP contribution in [0.1, 0.15) is 29.8 Å². The predicted molar refractivity (Wildman–Crippen MR) is 120 cm³/mol. The number of fused-ring (bicyclic) bond motifs is 1. The van der Waals surface area contributed by atoms with Crippen molar-refractivity contribution in [3.05, 3.63) is 65.5 Å². The van der Waals surface area contributed by atoms with E-state index in [0.717, 1.165) is 34.7 Å². The Hall–Kier alpha value is -2.31. The van der Waals surface area contributed by atoms with Gasteiger partial charge in [-0.15, -0.1) is 0 Å². The van der Waals surface area contributed by atoms with Crippen LogP contribution in [-0.4, -0.2) is 39.7 Å². The Morgan fingerprint density at radius 3 is 2.55 bits per heavy atom. The first-order valence-corrected chi connectivity index (χ1v) is 11.6. The molecule has 1 N–H and O–H groups in total. The van der Waals surface area contributed by atoms with Gasteiger partial charge in [-0.25, -0.2) is 4.98 Å². The first kappa shape index (κ1) is 20.0. The van der Waals surface area contributed by atoms with Crippen LogP contribution < -0.4 is 5.32 Å². The van der Waals surface area contributed by atoms with E-state index in [1.54, 1.807) is 11.8 Å². The molecule has 0 radical (unpaired) electrons. The summed E-state index contributed by atoms with van der Waals surface area (Å²) in [6.45, 7) is 4.29. The zero-order chi connectivity index (χ0) is 20.1. The fourth-order valence-electron chi connectivity index (χ4n) is 3.90. The third-order valence-electron chi connectivity index (χ3n) is 5.43. The van der Waals surface area contributed by atoms with E-state index in [4.69, 9.17) is 0 Å². The largest absolute Gasteiger partial charge is 0.350 e. The predicted octanol–water partition coefficient (Wildman–Crippen LogP) is 3.81. The number of hydrogen-bond acceptors (Lipinski definition) is 4. The number of thioether (sulfide) groups is 1. The zero-order valence-corrected chi connectivity index (χ0v) is 17.8. The fourth-order valence-corrected chi connectivity index (χ4v) is 4.38. The number of benzene rings is 2. The van der Waals surface area contributed by atoms with Crippen molar-refractivity contribution >= 4 is 28.7 Å². The highest BCUT2D eigenvalue weighted by atomic mass is 32.2. The van der Waals surface area contributed by atoms with E-state index in [-0.39, 0.29) is 5.91 Å². The lowest BCUT2D eigenvalue weighted by Crippen LogP contribution is -2.27. The lowest BCUT2D eigenvalue weighted by molar-refractivity contribution is -0.121. The summed E-state index contributed by atoms with van der Waals surface area (Å²) in [5.74, 6) is 1.75. The molecule has 152 valence electrons. The number of amides is 1. The molecule has 1 aliphatic rings. The summed E-state index contributed by atoms with van der Waals surface area (Å²) in [6.07, 6.45) is 4.68. The molecule has 4 rings (SSSR count). The van der Waals surface area contributed by atoms with Crippen molar-refractivity contribution in [2.75, 3.05) is 19.3 Å². The summed E-state index contributed by atoms with van der Waals surface area (Å²) >= 11 is 1.72. The van der Waals surface area contributed by atoms with Crippen molar-refractivity contribution in [1.82, 2.24) is 19.8 Å². The van der Waals surface area contributed by atoms with Gasteiger partial charge in [0, 0.05) is 13.1 Å². The second kappa shape index (κ2) is 9.46. The van der Waals surface area contributed by atoms with Gasteiger partial charge in [-0.05, 0) is 55.4 Å². The molecule has 2 heterocycles. The van der Waals surface area contributed by atoms with Crippen molar-refractivity contribution in [2.24, 2.45) is 0 Å². The number of aromatic nitrogens is 2. The fraction of sp³-hybridized carbons (Fsp3) is 0.391. The normalized spacial score (nSPS) is 14.5. The quantitative estimate of drug-likeness (QED) is 0.616. The lowest BCUT2D eigenvalue weighted by Gasteiger charge is -2.15. The molecular formula is C23H28N4OS. The van der Waals surface area contributed by atoms with E-state index >= 15 is 0 Å². The molecule has 6 heteroatoms. The number of imidazole rings is 1. The van der Waals surface area contributed by atoms with Crippen LogP contribution in [0.25, 0.3) is 11.0 Å². The Labute approximate surface area is 176 Å². The molecule has 2 aromatic carbocycles. The molecule has 0 aliphatic carbocycles. The van der Waals surface area contributed by atoms with E-state index in [9.17, 15) is 4.79 Å². The van der Waals surface area contributed by atoms with E-state index in [1.807, 2.05) is 28.8 Å². The molecular weight excluding hydrogens is 380 g/mol. The molecule has 1 aromatic heterocycles. The minimum absolute atomic E-state index is 0.0108. The number of carbonyl (C=O) groups excluding carboxylic acids is 1. The number of hydrogen-bond donors (Lipinski definition) is 1. The Balaban J connectivity index is 1.35. The molecule has 1 aliphatic heterocycles. The SMILES string of the molecule is CSCc1nc2ccccc2n1CC(=O)NCc1ccc(CN2CCCC2)cc1. The number of likely N-dealkylation sites (tertiary alicyclic amines) is 1. The third-order valence-corrected chi connectivity index (χ3v) is 5.97. The minimum atomic E-state index is 0.0108. The Bertz CT molecular complexity index is 961. The van der Waals surface area contributed by atoms with Gasteiger partial charge in [0.15, 0.2) is 0 Å². The summed E-state index contributed by atoms with van der Waals surface area (Å²) in [4.78, 5) is 19.8. The molecule has 0 spiro atoms. The van der Waals surface area contributed by atoms with Gasteiger partial charge in [0.25, 0.3) is 0 Å². The number of carbonyl (C=O) groups is 1. The van der Waals surface area contributed by atoms with Crippen molar-refractivity contribution in [2.45, 2.75) is 38.2 Å². The molecule has 5 nitrogen and oxygen atoms in total. The minimum Gasteiger partial charge on any atom is -0.350 e. The first-order valence-electron chi connectivity index (χ1n) is 10.2. The number of rotatable bonds is 8. The molecule has 0 atom stereocenters. The molecule has 0 unspecified atom stereocenters. The second-order valence-corrected chi connectivity index (χ2v) is 8.48. The second-order valence-electron chi connectivity index (χ2n) is 7.61. The molecule has 1 fully saturated rings. The number of nitrogens with one attached hydrogen (secondary N) is 1. The number of nitrogens with zero attached hydrogens (tertiary/aromatic N) is 3. The highest BCUT2D eigenvalue weighted by molar-refractivity contribution is 7.97. The Morgan fingerprint density at radius 2 is 1.79 bits per heavy atom. The van der Waals surface area contributed by atoms with Crippen LogP contribution in [0.2, 0.25) is 0 Å². The zero-order valence-electron chi connectivity index (χ0n) is 16.9. The van der Waals surface area contributed by atoms with Crippen LogP contribution in [0.4, 0.5) is 0 Å². The van der Waals surface area contributed by atoms with Gasteiger partial charge < -0.3 is 9.88 Å². The van der Waals surface area contributed by atoms with Gasteiger partial charge in [-0.3, -0.25) is 9.69 Å². The van der Waals surface area contributed by atoms with Gasteiger partial charge >= 0.3 is 0 Å². The Kier molecular flexibility index (Phi) is 6.52. The van der Waals surface area contributed by atoms with Crippen molar-refractivity contribution in [3.63, 3.8) is 0 Å². The van der Waals surface area contributed by atoms with Crippen LogP contribution in [0.15, 0.2) is 48.5 Å². The monoisotopic (exact) mass is 408 g/mol. The van der Waals surface area contributed by atoms with E-state index in [1.165, 1.54) is 31.5 Å². The average molecular weight is 409 g/mol. The number of para-hydroxylation sites is 2. The van der Waals surface area contributed by atoms with E-state index < -0.39 is 0 Å². The van der Waals surface area contributed by atoms with Crippen LogP contribution in [0.3, 0.4) is 0 Å². The van der Waals surface area contributed by atoms with Crippen LogP contribution >= 0.6 is 11.8 Å². The maximum absolute atomic E-state index is 12.6. The standard InChI is InChI=1S/C23H28N4OS/c1-29-17-22-25-20-6-2-3-7-21(20)27(22)16-23(28)24-14-18-8-10-19(11-9-18)15-26-12-4-5-13-26/h2-3,6-11H,4-5,12-17H2,1H3,(H,24,28). The van der Waals surface area contributed by atoms with E-state index in [2.05, 4.69) is 45.7 Å². The highest BCUT2D eigenvalue weighted by Gasteiger charge is 2.14. The van der Waals surface area contributed by atoms with Crippen LogP contribution in [0.5, 0.6) is 0 Å². The topological polar surface area (TPSA) is 50.2 Å². The van der Waals surface area contributed by atoms with Crippen LogP contribution in [0, 0.1) is 0 Å². The maximum Gasteiger partial charge on any atom is 0.240 e. The molecule has 1 saturated heterocycles. The lowest BCUT2D eigenvalue weighted by atomic mass is 10.1. The summed E-state index contributed by atoms with van der Waals surface area (Å²) < 4.78 is 2.03. The Morgan fingerprint density at radius 1 is 1.07 bits per heavy atom. The van der Waals surface area contributed by atoms with Crippen molar-refractivity contribution in [3.8, 4) is 0 Å². The molecule has 0 bridgehead atoms. The van der Waals surface area contributed by atoms with Gasteiger partial charge in [-0.2, -0.15) is 11.8 Å². The van der Waals surface area contributed by atoms with Crippen molar-refractivity contribution in [1.29, 1.82) is 0 Å². The molecule has 1 amide bonds. The summed E-state index contributed by atoms with van der Waals surface area (Å²) in [5.41, 5.74) is 4.42. The average Bonchev–Trinajstić information content (AvgIpc) is 3.36. The van der Waals surface area contributed by atoms with Gasteiger partial charge in [0.2, 0.25) is 5.91 Å². The maximum atomic E-state index is 12.6. The van der Waals surface area contributed by atoms with Crippen molar-refractivity contribution < 1.29 is 4.79 Å². The smallest absolute Gasteiger partial charge is 0.240 e. The molecule has 3 aromatic rings. The third kappa shape index (κ3) is 5.00. The summed E-state index contributed by atoms with van der Waals surface area (Å²) in [7, 11) is 0. The molecule has 0 saturated carbocycles. The van der Waals surface area contributed by atoms with Gasteiger partial charge in [-0.1, -0.05) is 36.4 Å². The summed E-state index contributed by atoms with van der Waals surface area (Å²) in [5, 5.41) is 3.06. The van der Waals surface area contributed by atoms with E-state index in [0.29, 0.717) is 13.1 Å². The highest BCUT2D eigenvalue weighted by Crippen LogP contribution is 2.19. The molecule has 29 heavy (non-hydrogen) atoms. The van der Waals surface area contributed by atoms with Crippen LogP contribution in [-0.2, 0) is 30.2 Å². The first-order chi connectivity index (χ1) is 14.2. The van der Waals surface area contributed by atoms with Gasteiger partial charge in [0.05, 0.1) is 16.8 Å².